The van der Waals surface area contributed by atoms with Gasteiger partial charge in [0.25, 0.3) is 0 Å². The molecule has 0 aliphatic rings. The van der Waals surface area contributed by atoms with Crippen molar-refractivity contribution in [2.24, 2.45) is 0 Å². The molecule has 0 aromatic carbocycles. The summed E-state index contributed by atoms with van der Waals surface area (Å²) in [6.45, 7) is 4.58. The van der Waals surface area contributed by atoms with Crippen LogP contribution in [0.4, 0.5) is 0 Å². The summed E-state index contributed by atoms with van der Waals surface area (Å²) in [5, 5.41) is -0.183. The lowest BCUT2D eigenvalue weighted by Crippen LogP contribution is -2.12. The van der Waals surface area contributed by atoms with Crippen molar-refractivity contribution in [1.82, 2.24) is 0 Å². The Labute approximate surface area is 120 Å². The molecule has 0 aromatic heterocycles. The second kappa shape index (κ2) is 12.3. The van der Waals surface area contributed by atoms with Gasteiger partial charge in [0.2, 0.25) is 0 Å². The first-order chi connectivity index (χ1) is 9.06. The molecular weight excluding hydrogens is 268 g/mol. The molecular formula is C14H25ClO4. The predicted molar refractivity (Wildman–Crippen MR) is 75.2 cm³/mol. The van der Waals surface area contributed by atoms with Crippen molar-refractivity contribution in [2.45, 2.75) is 64.2 Å². The number of carbonyl (C=O) groups excluding carboxylic acids is 2. The van der Waals surface area contributed by atoms with Crippen molar-refractivity contribution < 1.29 is 19.1 Å². The summed E-state index contributed by atoms with van der Waals surface area (Å²) < 4.78 is 9.94. The second-order valence-electron chi connectivity index (χ2n) is 4.60. The molecule has 0 amide bonds. The number of unbranched alkanes of at least 4 members (excludes halogenated alkanes) is 3. The summed E-state index contributed by atoms with van der Waals surface area (Å²) in [5.74, 6) is -0.557. The Balaban J connectivity index is 3.39. The van der Waals surface area contributed by atoms with Crippen LogP contribution in [0.25, 0.3) is 0 Å². The lowest BCUT2D eigenvalue weighted by molar-refractivity contribution is -0.145. The van der Waals surface area contributed by atoms with Crippen LogP contribution < -0.4 is 0 Å². The molecule has 0 rings (SSSR count). The number of esters is 2. The fourth-order valence-electron chi connectivity index (χ4n) is 1.44. The van der Waals surface area contributed by atoms with Crippen LogP contribution >= 0.6 is 11.6 Å². The fourth-order valence-corrected chi connectivity index (χ4v) is 1.51. The summed E-state index contributed by atoms with van der Waals surface area (Å²) in [4.78, 5) is 22.6. The van der Waals surface area contributed by atoms with Crippen molar-refractivity contribution in [1.29, 1.82) is 0 Å². The van der Waals surface area contributed by atoms with Gasteiger partial charge in [-0.3, -0.25) is 9.59 Å². The third kappa shape index (κ3) is 13.5. The molecule has 5 heteroatoms. The Morgan fingerprint density at radius 3 is 2.21 bits per heavy atom. The third-order valence-electron chi connectivity index (χ3n) is 2.50. The van der Waals surface area contributed by atoms with Gasteiger partial charge >= 0.3 is 11.9 Å². The quantitative estimate of drug-likeness (QED) is 0.332. The number of carbonyl (C=O) groups is 2. The maximum Gasteiger partial charge on any atom is 0.305 e. The molecule has 0 aliphatic heterocycles. The van der Waals surface area contributed by atoms with E-state index in [9.17, 15) is 9.59 Å². The SMILES string of the molecule is CCCCCCOC(=O)CCCC(=O)OCC(C)Cl. The molecule has 0 aliphatic carbocycles. The first-order valence-corrected chi connectivity index (χ1v) is 7.45. The molecule has 0 fully saturated rings. The number of hydrogen-bond acceptors (Lipinski definition) is 4. The van der Waals surface area contributed by atoms with Gasteiger partial charge in [-0.25, -0.2) is 0 Å². The molecule has 0 saturated heterocycles. The lowest BCUT2D eigenvalue weighted by atomic mass is 10.2. The number of ether oxygens (including phenoxy) is 2. The standard InChI is InChI=1S/C14H25ClO4/c1-3-4-5-6-10-18-13(16)8-7-9-14(17)19-11-12(2)15/h12H,3-11H2,1-2H3. The molecule has 0 saturated carbocycles. The largest absolute Gasteiger partial charge is 0.466 e. The van der Waals surface area contributed by atoms with Crippen LogP contribution in [0.2, 0.25) is 0 Å². The average molecular weight is 293 g/mol. The molecule has 0 N–H and O–H groups in total. The van der Waals surface area contributed by atoms with E-state index in [0.717, 1.165) is 19.3 Å². The molecule has 112 valence electrons. The van der Waals surface area contributed by atoms with E-state index >= 15 is 0 Å². The van der Waals surface area contributed by atoms with E-state index in [4.69, 9.17) is 21.1 Å². The molecule has 0 spiro atoms. The molecule has 1 atom stereocenters. The Kier molecular flexibility index (Phi) is 11.8. The highest BCUT2D eigenvalue weighted by molar-refractivity contribution is 6.20. The van der Waals surface area contributed by atoms with Crippen LogP contribution in [-0.2, 0) is 19.1 Å². The third-order valence-corrected chi connectivity index (χ3v) is 2.62. The van der Waals surface area contributed by atoms with Gasteiger partial charge in [-0.2, -0.15) is 0 Å². The van der Waals surface area contributed by atoms with Crippen molar-refractivity contribution in [2.75, 3.05) is 13.2 Å². The molecule has 0 aromatic rings. The van der Waals surface area contributed by atoms with Gasteiger partial charge in [0.1, 0.15) is 6.61 Å². The van der Waals surface area contributed by atoms with E-state index in [1.54, 1.807) is 6.92 Å². The highest BCUT2D eigenvalue weighted by atomic mass is 35.5. The van der Waals surface area contributed by atoms with Crippen LogP contribution in [0.1, 0.15) is 58.8 Å². The smallest absolute Gasteiger partial charge is 0.305 e. The first-order valence-electron chi connectivity index (χ1n) is 7.01. The van der Waals surface area contributed by atoms with Gasteiger partial charge < -0.3 is 9.47 Å². The minimum Gasteiger partial charge on any atom is -0.466 e. The topological polar surface area (TPSA) is 52.6 Å². The minimum atomic E-state index is -0.316. The summed E-state index contributed by atoms with van der Waals surface area (Å²) in [5.41, 5.74) is 0. The van der Waals surface area contributed by atoms with Crippen LogP contribution in [0.15, 0.2) is 0 Å². The van der Waals surface area contributed by atoms with E-state index in [2.05, 4.69) is 6.92 Å². The van der Waals surface area contributed by atoms with Gasteiger partial charge in [0, 0.05) is 12.8 Å². The van der Waals surface area contributed by atoms with Gasteiger partial charge in [-0.1, -0.05) is 26.2 Å². The van der Waals surface area contributed by atoms with E-state index < -0.39 is 0 Å². The lowest BCUT2D eigenvalue weighted by Gasteiger charge is -2.06. The van der Waals surface area contributed by atoms with Crippen LogP contribution in [0, 0.1) is 0 Å². The number of hydrogen-bond donors (Lipinski definition) is 0. The molecule has 4 nitrogen and oxygen atoms in total. The van der Waals surface area contributed by atoms with Crippen LogP contribution in [0.5, 0.6) is 0 Å². The molecule has 0 bridgehead atoms. The Morgan fingerprint density at radius 1 is 1.00 bits per heavy atom. The minimum absolute atomic E-state index is 0.183. The normalized spacial score (nSPS) is 11.9. The van der Waals surface area contributed by atoms with Gasteiger partial charge in [-0.15, -0.1) is 11.6 Å². The van der Waals surface area contributed by atoms with Crippen molar-refractivity contribution in [3.8, 4) is 0 Å². The second-order valence-corrected chi connectivity index (χ2v) is 5.34. The van der Waals surface area contributed by atoms with E-state index in [-0.39, 0.29) is 36.8 Å². The van der Waals surface area contributed by atoms with E-state index in [0.29, 0.717) is 13.0 Å². The van der Waals surface area contributed by atoms with Crippen molar-refractivity contribution in [3.05, 3.63) is 0 Å². The van der Waals surface area contributed by atoms with Crippen LogP contribution in [0.3, 0.4) is 0 Å². The summed E-state index contributed by atoms with van der Waals surface area (Å²) in [6.07, 6.45) is 5.29. The maximum atomic E-state index is 11.3. The number of alkyl halides is 1. The molecule has 0 heterocycles. The Hall–Kier alpha value is -0.770. The van der Waals surface area contributed by atoms with Gasteiger partial charge in [-0.05, 0) is 19.8 Å². The van der Waals surface area contributed by atoms with Gasteiger partial charge in [0.15, 0.2) is 0 Å². The summed E-state index contributed by atoms with van der Waals surface area (Å²) >= 11 is 5.65. The Morgan fingerprint density at radius 2 is 1.63 bits per heavy atom. The van der Waals surface area contributed by atoms with Crippen LogP contribution in [-0.4, -0.2) is 30.5 Å². The monoisotopic (exact) mass is 292 g/mol. The molecule has 0 radical (unpaired) electrons. The molecule has 1 unspecified atom stereocenters. The van der Waals surface area contributed by atoms with Crippen molar-refractivity contribution >= 4 is 23.5 Å². The van der Waals surface area contributed by atoms with E-state index in [1.165, 1.54) is 6.42 Å². The number of rotatable bonds is 11. The maximum absolute atomic E-state index is 11.3. The Bertz CT molecular complexity index is 254. The van der Waals surface area contributed by atoms with Gasteiger partial charge in [0.05, 0.1) is 12.0 Å². The highest BCUT2D eigenvalue weighted by Gasteiger charge is 2.08. The first kappa shape index (κ1) is 18.2. The predicted octanol–water partition coefficient (Wildman–Crippen LogP) is 3.45. The number of halogens is 1. The van der Waals surface area contributed by atoms with E-state index in [1.807, 2.05) is 0 Å². The zero-order valence-electron chi connectivity index (χ0n) is 12.0. The summed E-state index contributed by atoms with van der Waals surface area (Å²) in [6, 6.07) is 0. The fraction of sp³-hybridized carbons (Fsp3) is 0.857. The summed E-state index contributed by atoms with van der Waals surface area (Å²) in [7, 11) is 0. The highest BCUT2D eigenvalue weighted by Crippen LogP contribution is 2.03. The average Bonchev–Trinajstić information content (AvgIpc) is 2.36. The van der Waals surface area contributed by atoms with Crippen molar-refractivity contribution in [3.63, 3.8) is 0 Å². The zero-order chi connectivity index (χ0) is 14.5. The zero-order valence-corrected chi connectivity index (χ0v) is 12.7. The molecule has 19 heavy (non-hydrogen) atoms.